The van der Waals surface area contributed by atoms with Gasteiger partial charge in [-0.05, 0) is 74.1 Å². The average Bonchev–Trinajstić information content (AvgIpc) is 4.14. The smallest absolute Gasteiger partial charge is 0.398 e. The lowest BCUT2D eigenvalue weighted by Crippen LogP contribution is -2.54. The van der Waals surface area contributed by atoms with Gasteiger partial charge in [0.05, 0.1) is 58.7 Å². The largest absolute Gasteiger partial charge is 0.417 e. The number of aliphatic imine (C=N–C) groups is 1. The number of halogens is 3. The molecular weight excluding hydrogens is 926 g/mol. The highest BCUT2D eigenvalue weighted by Crippen LogP contribution is 2.45. The van der Waals surface area contributed by atoms with E-state index >= 15 is 0 Å². The molecule has 7 rings (SSSR count). The predicted octanol–water partition coefficient (Wildman–Crippen LogP) is 4.65. The molecule has 4 atom stereocenters. The zero-order valence-corrected chi connectivity index (χ0v) is 40.5. The van der Waals surface area contributed by atoms with Crippen LogP contribution in [0.5, 0.6) is 0 Å². The lowest BCUT2D eigenvalue weighted by Gasteiger charge is -2.35. The van der Waals surface area contributed by atoms with Crippen molar-refractivity contribution in [1.82, 2.24) is 45.8 Å². The number of hydrogen-bond acceptors (Lipinski definition) is 13. The van der Waals surface area contributed by atoms with Gasteiger partial charge in [-0.3, -0.25) is 34.2 Å². The van der Waals surface area contributed by atoms with Gasteiger partial charge >= 0.3 is 6.18 Å². The number of aromatic amines is 1. The lowest BCUT2D eigenvalue weighted by molar-refractivity contribution is -0.139. The van der Waals surface area contributed by atoms with Crippen LogP contribution in [-0.2, 0) is 38.4 Å². The number of carbonyl (C=O) groups excluding carboxylic acids is 4. The summed E-state index contributed by atoms with van der Waals surface area (Å²) in [5.41, 5.74) is 9.61. The molecule has 4 aromatic rings. The molecule has 3 saturated heterocycles. The van der Waals surface area contributed by atoms with E-state index < -0.39 is 46.8 Å². The highest BCUT2D eigenvalue weighted by molar-refractivity contribution is 7.13. The van der Waals surface area contributed by atoms with E-state index in [9.17, 15) is 32.3 Å². The van der Waals surface area contributed by atoms with E-state index in [0.717, 1.165) is 59.9 Å². The van der Waals surface area contributed by atoms with E-state index in [1.165, 1.54) is 24.4 Å². The minimum Gasteiger partial charge on any atom is -0.398 e. The molecule has 0 saturated carbocycles. The Labute approximate surface area is 408 Å². The van der Waals surface area contributed by atoms with Crippen LogP contribution in [0.4, 0.5) is 13.2 Å². The molecule has 17 nitrogen and oxygen atoms in total. The van der Waals surface area contributed by atoms with Crippen molar-refractivity contribution in [3.05, 3.63) is 99.5 Å². The van der Waals surface area contributed by atoms with Crippen LogP contribution in [0.2, 0.25) is 0 Å². The molecule has 0 aliphatic carbocycles. The molecule has 1 unspecified atom stereocenters. The monoisotopic (exact) mass is 984 g/mol. The molecule has 2 aromatic heterocycles. The molecule has 21 heteroatoms. The number of nitrogens with two attached hydrogens (primary N) is 1. The number of hydrogen-bond donors (Lipinski definition) is 5. The normalized spacial score (nSPS) is 20.1. The molecule has 3 fully saturated rings. The van der Waals surface area contributed by atoms with Gasteiger partial charge in [0.2, 0.25) is 17.7 Å². The van der Waals surface area contributed by atoms with Gasteiger partial charge in [0.25, 0.3) is 5.91 Å². The van der Waals surface area contributed by atoms with Crippen LogP contribution < -0.4 is 21.7 Å². The number of amides is 4. The lowest BCUT2D eigenvalue weighted by atomic mass is 9.79. The van der Waals surface area contributed by atoms with Crippen molar-refractivity contribution in [2.24, 2.45) is 16.1 Å². The second-order valence-electron chi connectivity index (χ2n) is 18.5. The predicted molar refractivity (Wildman–Crippen MR) is 258 cm³/mol. The van der Waals surface area contributed by atoms with Gasteiger partial charge < -0.3 is 36.2 Å². The zero-order valence-electron chi connectivity index (χ0n) is 39.6. The number of alkyl halides is 3. The molecule has 6 N–H and O–H groups in total. The Kier molecular flexibility index (Phi) is 16.5. The molecule has 3 aliphatic rings. The summed E-state index contributed by atoms with van der Waals surface area (Å²) >= 11 is 1.59. The Morgan fingerprint density at radius 2 is 1.84 bits per heavy atom. The maximum Gasteiger partial charge on any atom is 0.417 e. The van der Waals surface area contributed by atoms with Crippen molar-refractivity contribution < 1.29 is 37.1 Å². The van der Waals surface area contributed by atoms with Gasteiger partial charge in [0.15, 0.2) is 0 Å². The van der Waals surface area contributed by atoms with Gasteiger partial charge in [0, 0.05) is 75.3 Å². The summed E-state index contributed by atoms with van der Waals surface area (Å²) in [5, 5.41) is 24.8. The van der Waals surface area contributed by atoms with Crippen molar-refractivity contribution >= 4 is 46.9 Å². The second kappa shape index (κ2) is 22.5. The van der Waals surface area contributed by atoms with Crippen LogP contribution in [-0.4, -0.2) is 136 Å². The number of H-pyrrole nitrogens is 1. The molecule has 3 aliphatic heterocycles. The molecule has 2 aromatic carbocycles. The number of aryl methyl sites for hydroxylation is 1. The SMILES string of the molecule is Cc1ncsc1-c1ccc(CNC(=O)[C@@H]2CCC3N2C(=O)[C@@H](NC(=O)CN2CCN(CCCOCc4cc(C(=O)N[C@@H](C)CN=CC=C(N)c5ccc(C#N)c(C(F)(F)F)c5)n[nH]4)CC2)C3(C)C)cc1. The number of rotatable bonds is 19. The van der Waals surface area contributed by atoms with Crippen molar-refractivity contribution in [3.63, 3.8) is 0 Å². The van der Waals surface area contributed by atoms with Crippen LogP contribution in [0.25, 0.3) is 16.1 Å². The third-order valence-electron chi connectivity index (χ3n) is 13.1. The van der Waals surface area contributed by atoms with Crippen LogP contribution in [0, 0.1) is 23.7 Å². The number of benzene rings is 2. The number of piperazine rings is 1. The third-order valence-corrected chi connectivity index (χ3v) is 14.1. The van der Waals surface area contributed by atoms with E-state index in [2.05, 4.69) is 45.9 Å². The van der Waals surface area contributed by atoms with Crippen LogP contribution >= 0.6 is 11.3 Å². The van der Waals surface area contributed by atoms with Gasteiger partial charge in [0.1, 0.15) is 17.8 Å². The van der Waals surface area contributed by atoms with Crippen molar-refractivity contribution in [3.8, 4) is 16.5 Å². The maximum atomic E-state index is 13.9. The number of ether oxygens (including phenoxy) is 1. The Hall–Kier alpha value is -6.47. The number of aromatic nitrogens is 3. The Morgan fingerprint density at radius 3 is 2.54 bits per heavy atom. The molecule has 372 valence electrons. The first-order valence-corrected chi connectivity index (χ1v) is 24.1. The number of carbonyl (C=O) groups is 4. The summed E-state index contributed by atoms with van der Waals surface area (Å²) in [6, 6.07) is 12.5. The van der Waals surface area contributed by atoms with Crippen molar-refractivity contribution in [2.45, 2.75) is 90.5 Å². The van der Waals surface area contributed by atoms with Gasteiger partial charge in [-0.2, -0.15) is 23.5 Å². The summed E-state index contributed by atoms with van der Waals surface area (Å²) in [5.74, 6) is -1.02. The van der Waals surface area contributed by atoms with E-state index in [-0.39, 0.29) is 60.4 Å². The molecule has 70 heavy (non-hydrogen) atoms. The fraction of sp³-hybridized carbons (Fsp3) is 0.469. The van der Waals surface area contributed by atoms with E-state index in [1.54, 1.807) is 29.2 Å². The second-order valence-corrected chi connectivity index (χ2v) is 19.4. The fourth-order valence-electron chi connectivity index (χ4n) is 9.23. The highest BCUT2D eigenvalue weighted by atomic mass is 32.1. The first-order chi connectivity index (χ1) is 33.4. The Bertz CT molecular complexity index is 2620. The molecule has 4 amide bonds. The molecule has 0 bridgehead atoms. The zero-order chi connectivity index (χ0) is 50.2. The van der Waals surface area contributed by atoms with Gasteiger partial charge in [-0.25, -0.2) is 4.98 Å². The Balaban J connectivity index is 0.759. The number of allylic oxidation sites excluding steroid dienone is 1. The first kappa shape index (κ1) is 51.4. The number of nitrogens with zero attached hydrogens (tertiary/aromatic N) is 7. The minimum absolute atomic E-state index is 0.0293. The standard InChI is InChI=1S/C49H59F3N12O5S/c1-30(25-55-15-14-38(54)34-10-11-35(24-53)37(22-34)49(50,51)52)58-45(66)39-23-36(60-61-39)28-69-21-5-16-62-17-19-63(20-18-62)27-42(65)59-44-47(68)64-40(12-13-41(64)48(44,3)4)46(67)56-26-32-6-8-33(9-7-32)43-31(2)57-29-70-43/h6-11,14-15,22-23,29-30,40-41,44H,5,12-13,16-21,25-28,54H2,1-4H3,(H,56,67)(H,58,66)(H,59,65)(H,60,61)/t30-,40-,41?,44+/m0/s1. The first-order valence-electron chi connectivity index (χ1n) is 23.3. The van der Waals surface area contributed by atoms with E-state index in [1.807, 2.05) is 50.5 Å². The highest BCUT2D eigenvalue weighted by Gasteiger charge is 2.59. The van der Waals surface area contributed by atoms with Crippen LogP contribution in [0.15, 0.2) is 65.1 Å². The van der Waals surface area contributed by atoms with Gasteiger partial charge in [-0.1, -0.05) is 44.2 Å². The summed E-state index contributed by atoms with van der Waals surface area (Å²) in [6.45, 7) is 12.9. The van der Waals surface area contributed by atoms with Crippen LogP contribution in [0.1, 0.15) is 84.2 Å². The third kappa shape index (κ3) is 12.5. The molecule has 0 spiro atoms. The number of nitriles is 1. The fourth-order valence-corrected chi connectivity index (χ4v) is 10.0. The van der Waals surface area contributed by atoms with Crippen molar-refractivity contribution in [2.75, 3.05) is 52.4 Å². The van der Waals surface area contributed by atoms with E-state index in [4.69, 9.17) is 15.7 Å². The summed E-state index contributed by atoms with van der Waals surface area (Å²) < 4.78 is 45.8. The number of fused-ring (bicyclic) bond motifs is 1. The van der Waals surface area contributed by atoms with Crippen molar-refractivity contribution in [1.29, 1.82) is 5.26 Å². The quantitative estimate of drug-likeness (QED) is 0.0642. The molecular formula is C49H59F3N12O5S. The molecule has 0 radical (unpaired) electrons. The van der Waals surface area contributed by atoms with Crippen LogP contribution in [0.3, 0.4) is 0 Å². The Morgan fingerprint density at radius 1 is 1.10 bits per heavy atom. The minimum atomic E-state index is -4.70. The summed E-state index contributed by atoms with van der Waals surface area (Å²) in [7, 11) is 0. The summed E-state index contributed by atoms with van der Waals surface area (Å²) in [6.07, 6.45) is 0.0271. The summed E-state index contributed by atoms with van der Waals surface area (Å²) in [4.78, 5) is 69.3. The number of nitrogens with one attached hydrogen (secondary N) is 4. The molecule has 5 heterocycles. The topological polar surface area (TPSA) is 227 Å². The maximum absolute atomic E-state index is 13.9. The van der Waals surface area contributed by atoms with Gasteiger partial charge in [-0.15, -0.1) is 11.3 Å². The van der Waals surface area contributed by atoms with E-state index in [0.29, 0.717) is 44.8 Å². The average molecular weight is 985 g/mol. The number of thiazole rings is 1.